The Morgan fingerprint density at radius 1 is 0.394 bits per heavy atom. The zero-order valence-electron chi connectivity index (χ0n) is 79.4. The zero-order chi connectivity index (χ0) is 91.6. The number of anilines is 9. The van der Waals surface area contributed by atoms with E-state index in [9.17, 15) is 0 Å². The fraction of sp³-hybridized carbons (Fsp3) is 0.521. The van der Waals surface area contributed by atoms with Crippen LogP contribution in [0.15, 0.2) is 91.5 Å². The lowest BCUT2D eigenvalue weighted by Crippen LogP contribution is -2.47. The van der Waals surface area contributed by atoms with E-state index in [1.807, 2.05) is 78.8 Å². The molecule has 2 atom stereocenters. The van der Waals surface area contributed by atoms with Crippen LogP contribution >= 0.6 is 0 Å². The lowest BCUT2D eigenvalue weighted by atomic mass is 10.1. The maximum Gasteiger partial charge on any atom is 0.257 e. The number of rotatable bonds is 29. The minimum Gasteiger partial charge on any atom is -0.474 e. The van der Waals surface area contributed by atoms with E-state index < -0.39 is 0 Å². The van der Waals surface area contributed by atoms with Gasteiger partial charge in [-0.3, -0.25) is 9.80 Å². The van der Waals surface area contributed by atoms with Crippen LogP contribution in [-0.4, -0.2) is 282 Å². The Morgan fingerprint density at radius 2 is 0.764 bits per heavy atom. The van der Waals surface area contributed by atoms with Crippen molar-refractivity contribution in [2.24, 2.45) is 0 Å². The largest absolute Gasteiger partial charge is 0.474 e. The van der Waals surface area contributed by atoms with Crippen LogP contribution in [0.25, 0.3) is 33.1 Å². The number of nitrogens with two attached hydrogens (primary N) is 6. The number of nitrogens with zero attached hydrogens (tertiary/aromatic N) is 22. The molecule has 33 nitrogen and oxygen atoms in total. The first kappa shape index (κ1) is 96.3. The number of pyridine rings is 6. The number of fused-ring (bicyclic) bond motifs is 6. The smallest absolute Gasteiger partial charge is 0.257 e. The lowest BCUT2D eigenvalue weighted by molar-refractivity contribution is 0.188. The summed E-state index contributed by atoms with van der Waals surface area (Å²) >= 11 is 0. The molecule has 0 bridgehead atoms. The summed E-state index contributed by atoms with van der Waals surface area (Å²) in [6.45, 7) is 40.1. The molecule has 14 N–H and O–H groups in total. The van der Waals surface area contributed by atoms with Crippen LogP contribution in [0.2, 0.25) is 0 Å². The molecule has 3 fully saturated rings. The lowest BCUT2D eigenvalue weighted by Gasteiger charge is -2.34. The van der Waals surface area contributed by atoms with Gasteiger partial charge in [0.05, 0.1) is 52.6 Å². The summed E-state index contributed by atoms with van der Waals surface area (Å²) in [5, 5.41) is 40.1. The normalized spacial score (nSPS) is 14.9. The monoisotopic (exact) mass is 1740 g/mol. The summed E-state index contributed by atoms with van der Waals surface area (Å²) in [5.41, 5.74) is 62.0. The molecule has 0 aliphatic carbocycles. The van der Waals surface area contributed by atoms with E-state index in [2.05, 4.69) is 241 Å². The molecule has 33 heteroatoms. The number of imidazole rings is 1. The van der Waals surface area contributed by atoms with E-state index in [1.165, 1.54) is 46.2 Å². The number of hydrogen-bond acceptors (Lipinski definition) is 26. The molecule has 3 aliphatic heterocycles. The van der Waals surface area contributed by atoms with E-state index >= 15 is 0 Å². The Bertz CT molecular complexity index is 5720. The van der Waals surface area contributed by atoms with E-state index in [-0.39, 0.29) is 6.61 Å². The number of nitrogen functional groups attached to an aromatic ring is 6. The van der Waals surface area contributed by atoms with Crippen LogP contribution in [0.4, 0.5) is 51.6 Å². The highest BCUT2D eigenvalue weighted by atomic mass is 16.5. The molecule has 2 unspecified atom stereocenters. The number of likely N-dealkylation sites (N-methyl/N-ethyl adjacent to an activating group) is 3. The van der Waals surface area contributed by atoms with Gasteiger partial charge in [-0.05, 0) is 239 Å². The maximum absolute atomic E-state index is 9.04. The van der Waals surface area contributed by atoms with Crippen molar-refractivity contribution in [1.29, 1.82) is 0 Å². The molecular formula is C94H145N29O4. The number of nitrogens with one attached hydrogen (secondary N) is 1. The molecule has 13 aromatic heterocycles. The fourth-order valence-electron chi connectivity index (χ4n) is 16.7. The van der Waals surface area contributed by atoms with Crippen molar-refractivity contribution in [2.75, 3.05) is 217 Å². The molecule has 127 heavy (non-hydrogen) atoms. The van der Waals surface area contributed by atoms with Crippen LogP contribution in [-0.2, 0) is 45.1 Å². The number of likely N-dealkylation sites (tertiary alicyclic amines) is 1. The number of hydrogen-bond donors (Lipinski definition) is 8. The molecule has 0 amide bonds. The first-order valence-corrected chi connectivity index (χ1v) is 45.3. The second kappa shape index (κ2) is 44.4. The number of aliphatic hydroxyl groups is 1. The van der Waals surface area contributed by atoms with E-state index in [4.69, 9.17) is 63.9 Å². The Kier molecular flexibility index (Phi) is 33.7. The minimum atomic E-state index is 0.218. The van der Waals surface area contributed by atoms with Gasteiger partial charge in [0.15, 0.2) is 17.5 Å². The molecule has 0 aromatic carbocycles. The highest BCUT2D eigenvalue weighted by molar-refractivity contribution is 5.87. The van der Waals surface area contributed by atoms with Crippen LogP contribution in [0, 0.1) is 41.5 Å². The van der Waals surface area contributed by atoms with E-state index in [0.717, 1.165) is 232 Å². The molecular weight excluding hydrogens is 1600 g/mol. The average Bonchev–Trinajstić information content (AvgIpc) is 1.61. The number of aromatic nitrogens is 14. The molecule has 3 saturated heterocycles. The van der Waals surface area contributed by atoms with Gasteiger partial charge < -0.3 is 93.0 Å². The van der Waals surface area contributed by atoms with Gasteiger partial charge in [-0.1, -0.05) is 77.9 Å². The second-order valence-electron chi connectivity index (χ2n) is 34.4. The van der Waals surface area contributed by atoms with Crippen LogP contribution in [0.3, 0.4) is 0 Å². The first-order chi connectivity index (χ1) is 61.0. The number of aryl methyl sites for hydroxylation is 12. The van der Waals surface area contributed by atoms with Gasteiger partial charge in [-0.2, -0.15) is 0 Å². The molecule has 16 heterocycles. The molecule has 16 rings (SSSR count). The average molecular weight is 1750 g/mol. The van der Waals surface area contributed by atoms with Crippen LogP contribution < -0.4 is 63.7 Å². The summed E-state index contributed by atoms with van der Waals surface area (Å²) in [7, 11) is 16.8. The molecule has 13 aromatic rings. The predicted octanol–water partition coefficient (Wildman–Crippen LogP) is 10.6. The topological polar surface area (TPSA) is 364 Å². The summed E-state index contributed by atoms with van der Waals surface area (Å²) in [5.74, 6) is 4.23. The van der Waals surface area contributed by atoms with Gasteiger partial charge in [0, 0.05) is 131 Å². The van der Waals surface area contributed by atoms with Crippen molar-refractivity contribution in [2.45, 2.75) is 160 Å². The van der Waals surface area contributed by atoms with Gasteiger partial charge in [0.2, 0.25) is 0 Å². The number of ether oxygens (including phenoxy) is 3. The number of piperazine rings is 1. The van der Waals surface area contributed by atoms with Gasteiger partial charge in [0.25, 0.3) is 17.6 Å². The predicted molar refractivity (Wildman–Crippen MR) is 520 cm³/mol. The Labute approximate surface area is 750 Å². The highest BCUT2D eigenvalue weighted by Crippen LogP contribution is 2.37. The van der Waals surface area contributed by atoms with E-state index in [0.29, 0.717) is 73.2 Å². The van der Waals surface area contributed by atoms with Crippen molar-refractivity contribution in [3.8, 4) is 17.6 Å². The Hall–Kier alpha value is -11.3. The van der Waals surface area contributed by atoms with Crippen molar-refractivity contribution < 1.29 is 19.3 Å². The third-order valence-corrected chi connectivity index (χ3v) is 24.6. The van der Waals surface area contributed by atoms with E-state index in [1.54, 1.807) is 12.5 Å². The molecule has 0 spiro atoms. The summed E-state index contributed by atoms with van der Waals surface area (Å²) < 4.78 is 30.9. The SMILES string of the molecule is CCc1ccc(C)n2nc(N3CCC(N(C)C)C3)c(N)c12.CCc1ccc(C)n2nc(N3CCN(CCO)CC3)c(N)c12.CCc1ccc(C)n2nc(NCCCN(C)C)c(N)c12.CCc1ccc(C)n2nc(OCCN(C)C)c(N)c12.CCc1ccc(C)n2nc(OCCN3CCC(N(C)C)C3)c(N)c12.CCc1ccc(C)n2nc(OCCn3ccnc3)c(N)c12. The summed E-state index contributed by atoms with van der Waals surface area (Å²) in [6.07, 6.45) is 14.5. The molecule has 0 saturated carbocycles. The molecule has 0 radical (unpaired) electrons. The van der Waals surface area contributed by atoms with Crippen molar-refractivity contribution in [3.63, 3.8) is 0 Å². The Balaban J connectivity index is 0.000000148. The first-order valence-electron chi connectivity index (χ1n) is 45.3. The standard InChI is InChI=1S/C18H29N5O.C16H25N5O.C16H25N5.C15H19N5O.C15H25N5.C14H22N4O/c1-5-14-7-6-13(2)23-17(14)16(19)18(20-23)24-11-10-22-9-8-15(12-22)21(3)4;1-3-13-5-4-12(2)21-15(13)14(17)16(18-21)20-8-6-19(7-9-20)10-11-22;1-5-12-7-6-11(2)21-15(12)14(17)16(18-21)20-9-8-13(10-20)19(3)4;1-3-12-5-4-11(2)20-14(12)13(16)15(18-20)21-9-8-19-7-6-17-10-19;1-5-12-8-7-11(2)20-14(12)13(16)15(18-20)17-9-6-10-19(3)4;1-5-11-7-6-10(2)18-13(11)12(15)14(16-18)19-9-8-17(3)4/h6-7,15H,5,8-12,19H2,1-4H3;4-5,22H,3,6-11,17H2,1-2H3;6-7,13H,5,8-10,17H2,1-4H3;4-7,10H,3,8-9,16H2,1-2H3;7-8H,5-6,9-10,16H2,1-4H3,(H,17,18);6-7H,5,8-9,15H2,1-4H3. The van der Waals surface area contributed by atoms with Gasteiger partial charge in [-0.15, -0.1) is 30.6 Å². The third-order valence-electron chi connectivity index (χ3n) is 24.6. The van der Waals surface area contributed by atoms with Crippen molar-refractivity contribution in [1.82, 2.24) is 96.6 Å². The van der Waals surface area contributed by atoms with Gasteiger partial charge in [0.1, 0.15) is 53.9 Å². The zero-order valence-corrected chi connectivity index (χ0v) is 79.4. The van der Waals surface area contributed by atoms with Crippen molar-refractivity contribution in [3.05, 3.63) is 159 Å². The second-order valence-corrected chi connectivity index (χ2v) is 34.4. The Morgan fingerprint density at radius 3 is 1.14 bits per heavy atom. The summed E-state index contributed by atoms with van der Waals surface area (Å²) in [6, 6.07) is 26.5. The minimum absolute atomic E-state index is 0.218. The summed E-state index contributed by atoms with van der Waals surface area (Å²) in [4.78, 5) is 22.1. The number of β-amino-alcohol motifs (C(OH)–C–C–N with tert-alkyl or cyclic N) is 1. The van der Waals surface area contributed by atoms with Gasteiger partial charge >= 0.3 is 0 Å². The fourth-order valence-corrected chi connectivity index (χ4v) is 16.7. The van der Waals surface area contributed by atoms with Gasteiger partial charge in [-0.25, -0.2) is 32.1 Å². The highest BCUT2D eigenvalue weighted by Gasteiger charge is 2.31. The molecule has 690 valence electrons. The van der Waals surface area contributed by atoms with Crippen molar-refractivity contribution >= 4 is 84.7 Å². The molecule has 3 aliphatic rings. The number of aliphatic hydroxyl groups excluding tert-OH is 1. The van der Waals surface area contributed by atoms with Crippen LogP contribution in [0.1, 0.15) is 128 Å². The quantitative estimate of drug-likeness (QED) is 0.0202. The van der Waals surface area contributed by atoms with Crippen LogP contribution in [0.5, 0.6) is 17.6 Å². The third kappa shape index (κ3) is 22.6. The maximum atomic E-state index is 9.04.